The fraction of sp³-hybridized carbons (Fsp3) is 0.143. The van der Waals surface area contributed by atoms with Gasteiger partial charge in [0, 0.05) is 0 Å². The number of aryl methyl sites for hydroxylation is 1. The predicted octanol–water partition coefficient (Wildman–Crippen LogP) is 1.67. The molecule has 0 bridgehead atoms. The highest BCUT2D eigenvalue weighted by Gasteiger charge is 2.23. The number of hydrogen-bond donors (Lipinski definition) is 3. The molecule has 0 aromatic heterocycles. The smallest absolute Gasteiger partial charge is 0.508 e. The van der Waals surface area contributed by atoms with E-state index >= 15 is 0 Å². The quantitative estimate of drug-likeness (QED) is 0.407. The fourth-order valence-electron chi connectivity index (χ4n) is 0.877. The number of rotatable bonds is 3. The minimum absolute atomic E-state index is 0.00698. The number of phenolic OH excluding ortho intramolecular Hbond substituents is 1. The molecule has 0 fully saturated rings. The normalized spacial score (nSPS) is 14.8. The molecule has 0 saturated heterocycles. The Balaban J connectivity index is 2.93. The topological polar surface area (TPSA) is 96.2 Å². The number of phenols is 1. The van der Waals surface area contributed by atoms with E-state index in [4.69, 9.17) is 15.3 Å². The molecule has 78 valence electrons. The van der Waals surface area contributed by atoms with Crippen molar-refractivity contribution < 1.29 is 29.0 Å². The van der Waals surface area contributed by atoms with E-state index in [0.717, 1.165) is 0 Å². The van der Waals surface area contributed by atoms with Crippen LogP contribution in [0.15, 0.2) is 18.2 Å². The van der Waals surface area contributed by atoms with E-state index in [9.17, 15) is 4.57 Å². The molecule has 6 nitrogen and oxygen atoms in total. The van der Waals surface area contributed by atoms with Crippen molar-refractivity contribution in [3.05, 3.63) is 23.8 Å². The van der Waals surface area contributed by atoms with E-state index in [-0.39, 0.29) is 11.5 Å². The highest BCUT2D eigenvalue weighted by atomic mass is 31.2. The lowest BCUT2D eigenvalue weighted by molar-refractivity contribution is -0.156. The van der Waals surface area contributed by atoms with Crippen LogP contribution < -0.4 is 4.52 Å². The van der Waals surface area contributed by atoms with Crippen LogP contribution in [0.2, 0.25) is 0 Å². The van der Waals surface area contributed by atoms with E-state index in [1.807, 2.05) is 0 Å². The first-order chi connectivity index (χ1) is 6.44. The first-order valence-electron chi connectivity index (χ1n) is 3.60. The maximum atomic E-state index is 10.8. The van der Waals surface area contributed by atoms with Crippen LogP contribution in [0.5, 0.6) is 11.5 Å². The Bertz CT molecular complexity index is 376. The summed E-state index contributed by atoms with van der Waals surface area (Å²) in [4.78, 5) is 8.77. The molecule has 0 heterocycles. The third-order valence-corrected chi connectivity index (χ3v) is 2.11. The Kier molecular flexibility index (Phi) is 3.13. The van der Waals surface area contributed by atoms with E-state index in [2.05, 4.69) is 9.20 Å². The van der Waals surface area contributed by atoms with Gasteiger partial charge >= 0.3 is 7.82 Å². The van der Waals surface area contributed by atoms with E-state index in [1.54, 1.807) is 6.92 Å². The molecule has 0 spiro atoms. The van der Waals surface area contributed by atoms with Crippen molar-refractivity contribution in [2.24, 2.45) is 0 Å². The lowest BCUT2D eigenvalue weighted by atomic mass is 10.2. The van der Waals surface area contributed by atoms with Crippen LogP contribution >= 0.6 is 7.82 Å². The van der Waals surface area contributed by atoms with Crippen molar-refractivity contribution in [1.29, 1.82) is 0 Å². The van der Waals surface area contributed by atoms with Gasteiger partial charge in [0.2, 0.25) is 0 Å². The Morgan fingerprint density at radius 1 is 1.43 bits per heavy atom. The lowest BCUT2D eigenvalue weighted by Gasteiger charge is -2.10. The van der Waals surface area contributed by atoms with Gasteiger partial charge in [0.25, 0.3) is 0 Å². The lowest BCUT2D eigenvalue weighted by Crippen LogP contribution is -1.95. The van der Waals surface area contributed by atoms with Crippen molar-refractivity contribution >= 4 is 7.82 Å². The first-order valence-corrected chi connectivity index (χ1v) is 5.09. The number of phosphoric ester groups is 1. The Labute approximate surface area is 79.9 Å². The molecule has 0 aliphatic heterocycles. The molecule has 1 rings (SSSR count). The summed E-state index contributed by atoms with van der Waals surface area (Å²) in [5, 5.41) is 17.0. The third kappa shape index (κ3) is 2.71. The first kappa shape index (κ1) is 11.0. The van der Waals surface area contributed by atoms with Crippen LogP contribution in [0.25, 0.3) is 0 Å². The summed E-state index contributed by atoms with van der Waals surface area (Å²) in [6.45, 7) is 1.56. The second-order valence-corrected chi connectivity index (χ2v) is 3.87. The number of hydrogen-bond acceptors (Lipinski definition) is 5. The molecule has 0 amide bonds. The standard InChI is InChI=1S/C7H9O6P/c1-5-4-6(8)2-3-7(5)12-14(10,11)13-9/h2-4,8-9H,1H3,(H,10,11). The molecular formula is C7H9O6P. The number of aromatic hydroxyl groups is 1. The summed E-state index contributed by atoms with van der Waals surface area (Å²) >= 11 is 0. The summed E-state index contributed by atoms with van der Waals surface area (Å²) in [5.74, 6) is 0.0511. The summed E-state index contributed by atoms with van der Waals surface area (Å²) < 4.78 is 18.5. The monoisotopic (exact) mass is 220 g/mol. The maximum absolute atomic E-state index is 10.8. The molecule has 3 N–H and O–H groups in total. The minimum Gasteiger partial charge on any atom is -0.508 e. The van der Waals surface area contributed by atoms with Crippen LogP contribution in [0, 0.1) is 6.92 Å². The van der Waals surface area contributed by atoms with Gasteiger partial charge in [0.15, 0.2) is 0 Å². The van der Waals surface area contributed by atoms with Gasteiger partial charge in [-0.3, -0.25) is 4.89 Å². The van der Waals surface area contributed by atoms with Crippen LogP contribution in [0.1, 0.15) is 5.56 Å². The fourth-order valence-corrected chi connectivity index (χ4v) is 1.36. The zero-order valence-electron chi connectivity index (χ0n) is 7.25. The molecular weight excluding hydrogens is 211 g/mol. The van der Waals surface area contributed by atoms with Gasteiger partial charge in [-0.15, -0.1) is 4.67 Å². The van der Waals surface area contributed by atoms with Crippen LogP contribution in [-0.2, 0) is 9.24 Å². The van der Waals surface area contributed by atoms with Crippen LogP contribution in [-0.4, -0.2) is 15.3 Å². The summed E-state index contributed by atoms with van der Waals surface area (Å²) in [6.07, 6.45) is 0. The van der Waals surface area contributed by atoms with E-state index < -0.39 is 7.82 Å². The van der Waals surface area contributed by atoms with Crippen molar-refractivity contribution in [2.75, 3.05) is 0 Å². The van der Waals surface area contributed by atoms with Crippen LogP contribution in [0.3, 0.4) is 0 Å². The van der Waals surface area contributed by atoms with Gasteiger partial charge in [0.05, 0.1) is 0 Å². The molecule has 0 saturated carbocycles. The summed E-state index contributed by atoms with van der Waals surface area (Å²) in [6, 6.07) is 3.90. The van der Waals surface area contributed by atoms with Gasteiger partial charge < -0.3 is 9.63 Å². The van der Waals surface area contributed by atoms with Gasteiger partial charge in [-0.1, -0.05) is 0 Å². The highest BCUT2D eigenvalue weighted by Crippen LogP contribution is 2.43. The van der Waals surface area contributed by atoms with Crippen molar-refractivity contribution in [3.63, 3.8) is 0 Å². The molecule has 1 unspecified atom stereocenters. The molecule has 0 radical (unpaired) electrons. The Morgan fingerprint density at radius 3 is 2.57 bits per heavy atom. The van der Waals surface area contributed by atoms with Gasteiger partial charge in [-0.2, -0.15) is 0 Å². The third-order valence-electron chi connectivity index (χ3n) is 1.48. The Morgan fingerprint density at radius 2 is 2.07 bits per heavy atom. The largest absolute Gasteiger partial charge is 0.555 e. The predicted molar refractivity (Wildman–Crippen MR) is 47.0 cm³/mol. The molecule has 14 heavy (non-hydrogen) atoms. The second-order valence-electron chi connectivity index (χ2n) is 2.59. The highest BCUT2D eigenvalue weighted by molar-refractivity contribution is 7.47. The summed E-state index contributed by atoms with van der Waals surface area (Å²) in [7, 11) is -4.46. The minimum atomic E-state index is -4.46. The van der Waals surface area contributed by atoms with Crippen molar-refractivity contribution in [2.45, 2.75) is 6.92 Å². The zero-order chi connectivity index (χ0) is 10.8. The number of phosphoric acid groups is 1. The average Bonchev–Trinajstić information content (AvgIpc) is 2.10. The molecule has 1 aromatic rings. The van der Waals surface area contributed by atoms with E-state index in [1.165, 1.54) is 18.2 Å². The molecule has 0 aliphatic rings. The van der Waals surface area contributed by atoms with Gasteiger partial charge in [-0.05, 0) is 30.7 Å². The van der Waals surface area contributed by atoms with E-state index in [0.29, 0.717) is 5.56 Å². The van der Waals surface area contributed by atoms with Gasteiger partial charge in [0.1, 0.15) is 11.5 Å². The average molecular weight is 220 g/mol. The second kappa shape index (κ2) is 3.98. The zero-order valence-corrected chi connectivity index (χ0v) is 8.14. The SMILES string of the molecule is Cc1cc(O)ccc1OP(=O)(O)OO. The van der Waals surface area contributed by atoms with Crippen molar-refractivity contribution in [1.82, 2.24) is 0 Å². The Hall–Kier alpha value is -1.07. The number of benzene rings is 1. The summed E-state index contributed by atoms with van der Waals surface area (Å²) in [5.41, 5.74) is 0.441. The van der Waals surface area contributed by atoms with Crippen molar-refractivity contribution in [3.8, 4) is 11.5 Å². The van der Waals surface area contributed by atoms with Gasteiger partial charge in [-0.25, -0.2) is 9.82 Å². The molecule has 0 aliphatic carbocycles. The maximum Gasteiger partial charge on any atom is 0.555 e. The molecule has 1 atom stereocenters. The molecule has 1 aromatic carbocycles. The van der Waals surface area contributed by atoms with Crippen LogP contribution in [0.4, 0.5) is 0 Å². The molecule has 7 heteroatoms.